The van der Waals surface area contributed by atoms with Gasteiger partial charge in [-0.15, -0.1) is 0 Å². The number of carbonyl (C=O) groups is 2. The van der Waals surface area contributed by atoms with E-state index < -0.39 is 18.3 Å². The zero-order valence-electron chi connectivity index (χ0n) is 19.9. The smallest absolute Gasteiger partial charge is 0.374 e. The number of nitrogens with one attached hydrogen (secondary N) is 1. The lowest BCUT2D eigenvalue weighted by atomic mass is 10.0. The van der Waals surface area contributed by atoms with Crippen molar-refractivity contribution in [3.63, 3.8) is 0 Å². The van der Waals surface area contributed by atoms with Crippen molar-refractivity contribution in [1.82, 2.24) is 15.3 Å². The first kappa shape index (κ1) is 26.2. The first-order valence-corrected chi connectivity index (χ1v) is 12.1. The fourth-order valence-electron chi connectivity index (χ4n) is 3.93. The van der Waals surface area contributed by atoms with Gasteiger partial charge in [0.2, 0.25) is 0 Å². The highest BCUT2D eigenvalue weighted by atomic mass is 35.5. The molecule has 2 N–H and O–H groups in total. The molecule has 4 aromatic rings. The van der Waals surface area contributed by atoms with E-state index in [1.807, 2.05) is 49.4 Å². The van der Waals surface area contributed by atoms with Crippen LogP contribution in [-0.4, -0.2) is 32.9 Å². The van der Waals surface area contributed by atoms with E-state index in [1.54, 1.807) is 30.3 Å². The summed E-state index contributed by atoms with van der Waals surface area (Å²) < 4.78 is 27.3. The molecule has 1 aromatic heterocycles. The topological polar surface area (TPSA) is 92.2 Å². The van der Waals surface area contributed by atoms with E-state index in [-0.39, 0.29) is 24.8 Å². The Labute approximate surface area is 217 Å². The largest absolute Gasteiger partial charge is 0.477 e. The Balaban J connectivity index is 1.62. The van der Waals surface area contributed by atoms with E-state index in [9.17, 15) is 18.4 Å². The van der Waals surface area contributed by atoms with Crippen molar-refractivity contribution < 1.29 is 23.5 Å². The van der Waals surface area contributed by atoms with Gasteiger partial charge in [0.25, 0.3) is 5.91 Å². The molecule has 0 aliphatic rings. The maximum Gasteiger partial charge on any atom is 0.374 e. The fraction of sp³-hybridized carbons (Fsp3) is 0.214. The van der Waals surface area contributed by atoms with E-state index in [1.165, 1.54) is 0 Å². The number of carbonyl (C=O) groups excluding carboxylic acids is 1. The second-order valence-electron chi connectivity index (χ2n) is 8.70. The lowest BCUT2D eigenvalue weighted by Crippen LogP contribution is -2.28. The van der Waals surface area contributed by atoms with Gasteiger partial charge in [-0.05, 0) is 55.7 Å². The van der Waals surface area contributed by atoms with Gasteiger partial charge in [-0.25, -0.2) is 14.8 Å². The third kappa shape index (κ3) is 6.27. The molecule has 1 amide bonds. The van der Waals surface area contributed by atoms with Crippen LogP contribution in [0.2, 0.25) is 5.02 Å². The third-order valence-electron chi connectivity index (χ3n) is 5.98. The van der Waals surface area contributed by atoms with Crippen LogP contribution in [0, 0.1) is 0 Å². The molecule has 4 rings (SSSR count). The molecule has 0 radical (unpaired) electrons. The Morgan fingerprint density at radius 3 is 2.38 bits per heavy atom. The van der Waals surface area contributed by atoms with Crippen LogP contribution in [0.1, 0.15) is 47.4 Å². The molecule has 190 valence electrons. The van der Waals surface area contributed by atoms with Crippen LogP contribution in [0.15, 0.2) is 72.8 Å². The monoisotopic (exact) mass is 523 g/mol. The molecule has 0 fully saturated rings. The molecule has 1 atom stereocenters. The Kier molecular flexibility index (Phi) is 7.78. The number of carboxylic acid groups (broad SMARTS) is 1. The van der Waals surface area contributed by atoms with Crippen LogP contribution in [0.25, 0.3) is 22.3 Å². The highest BCUT2D eigenvalue weighted by Gasteiger charge is 2.37. The van der Waals surface area contributed by atoms with Gasteiger partial charge in [-0.2, -0.15) is 8.78 Å². The maximum absolute atomic E-state index is 13.6. The van der Waals surface area contributed by atoms with Crippen LogP contribution in [0.5, 0.6) is 0 Å². The number of benzene rings is 3. The summed E-state index contributed by atoms with van der Waals surface area (Å²) in [5.41, 5.74) is 3.99. The molecule has 0 unspecified atom stereocenters. The third-order valence-corrected chi connectivity index (χ3v) is 6.23. The molecular weight excluding hydrogens is 500 g/mol. The standard InChI is InChI=1S/C28H24ClF2N3O3/c1-17(18-9-12-21(29)13-10-18)32-26(35)20-11-14-22-24(16-20)33-23(8-5-15-28(30,31)27(36)37)25(34-22)19-6-3-2-4-7-19/h2-4,6-7,9-14,16-17H,5,8,15H2,1H3,(H,32,35)(H,36,37)/t17-/m1/s1. The van der Waals surface area contributed by atoms with Crippen molar-refractivity contribution in [2.75, 3.05) is 0 Å². The summed E-state index contributed by atoms with van der Waals surface area (Å²) in [7, 11) is 0. The average molecular weight is 524 g/mol. The van der Waals surface area contributed by atoms with Gasteiger partial charge in [-0.3, -0.25) is 4.79 Å². The number of aromatic nitrogens is 2. The zero-order valence-corrected chi connectivity index (χ0v) is 20.7. The highest BCUT2D eigenvalue weighted by molar-refractivity contribution is 6.30. The lowest BCUT2D eigenvalue weighted by molar-refractivity contribution is -0.165. The predicted molar refractivity (Wildman–Crippen MR) is 138 cm³/mol. The summed E-state index contributed by atoms with van der Waals surface area (Å²) in [6, 6.07) is 21.1. The number of aryl methyl sites for hydroxylation is 1. The van der Waals surface area contributed by atoms with Crippen molar-refractivity contribution in [1.29, 1.82) is 0 Å². The van der Waals surface area contributed by atoms with Crippen LogP contribution < -0.4 is 5.32 Å². The van der Waals surface area contributed by atoms with Gasteiger partial charge in [0.15, 0.2) is 0 Å². The Hall–Kier alpha value is -3.91. The number of hydrogen-bond donors (Lipinski definition) is 2. The molecule has 0 aliphatic heterocycles. The molecule has 0 aliphatic carbocycles. The Morgan fingerprint density at radius 2 is 1.70 bits per heavy atom. The van der Waals surface area contributed by atoms with Crippen molar-refractivity contribution in [3.05, 3.63) is 94.6 Å². The minimum Gasteiger partial charge on any atom is -0.477 e. The minimum atomic E-state index is -3.82. The highest BCUT2D eigenvalue weighted by Crippen LogP contribution is 2.27. The van der Waals surface area contributed by atoms with E-state index in [2.05, 4.69) is 10.3 Å². The Morgan fingerprint density at radius 1 is 1.00 bits per heavy atom. The van der Waals surface area contributed by atoms with Crippen molar-refractivity contribution in [3.8, 4) is 11.3 Å². The maximum atomic E-state index is 13.6. The number of nitrogens with zero attached hydrogens (tertiary/aromatic N) is 2. The number of amides is 1. The quantitative estimate of drug-likeness (QED) is 0.262. The summed E-state index contributed by atoms with van der Waals surface area (Å²) in [4.78, 5) is 33.1. The summed E-state index contributed by atoms with van der Waals surface area (Å²) in [5, 5.41) is 12.3. The van der Waals surface area contributed by atoms with Crippen LogP contribution in [0.3, 0.4) is 0 Å². The number of fused-ring (bicyclic) bond motifs is 1. The van der Waals surface area contributed by atoms with Gasteiger partial charge in [-0.1, -0.05) is 54.1 Å². The molecule has 0 saturated carbocycles. The summed E-state index contributed by atoms with van der Waals surface area (Å²) >= 11 is 5.94. The number of alkyl halides is 2. The normalized spacial score (nSPS) is 12.3. The Bertz CT molecular complexity index is 1430. The van der Waals surface area contributed by atoms with Crippen LogP contribution in [0.4, 0.5) is 8.78 Å². The van der Waals surface area contributed by atoms with Crippen molar-refractivity contribution in [2.45, 2.75) is 38.2 Å². The summed E-state index contributed by atoms with van der Waals surface area (Å²) in [6.45, 7) is 1.86. The van der Waals surface area contributed by atoms with Crippen molar-refractivity contribution in [2.24, 2.45) is 0 Å². The molecule has 9 heteroatoms. The number of carboxylic acids is 1. The number of halogens is 3. The predicted octanol–water partition coefficient (Wildman–Crippen LogP) is 6.48. The van der Waals surface area contributed by atoms with Gasteiger partial charge in [0.05, 0.1) is 28.5 Å². The van der Waals surface area contributed by atoms with Gasteiger partial charge in [0, 0.05) is 22.6 Å². The number of aliphatic carboxylic acids is 1. The van der Waals surface area contributed by atoms with Gasteiger partial charge in [0.1, 0.15) is 0 Å². The summed E-state index contributed by atoms with van der Waals surface area (Å²) in [6.07, 6.45) is -0.820. The summed E-state index contributed by atoms with van der Waals surface area (Å²) in [5.74, 6) is -6.27. The second-order valence-corrected chi connectivity index (χ2v) is 9.13. The van der Waals surface area contributed by atoms with Crippen LogP contribution in [-0.2, 0) is 11.2 Å². The molecule has 1 heterocycles. The molecular formula is C28H24ClF2N3O3. The first-order valence-electron chi connectivity index (χ1n) is 11.7. The van der Waals surface area contributed by atoms with Crippen molar-refractivity contribution >= 4 is 34.5 Å². The molecule has 0 saturated heterocycles. The lowest BCUT2D eigenvalue weighted by Gasteiger charge is -2.15. The second kappa shape index (κ2) is 11.0. The molecule has 3 aromatic carbocycles. The molecule has 0 bridgehead atoms. The van der Waals surface area contributed by atoms with Gasteiger partial charge < -0.3 is 10.4 Å². The van der Waals surface area contributed by atoms with E-state index in [4.69, 9.17) is 21.7 Å². The van der Waals surface area contributed by atoms with E-state index in [0.717, 1.165) is 11.1 Å². The van der Waals surface area contributed by atoms with Crippen LogP contribution >= 0.6 is 11.6 Å². The fourth-order valence-corrected chi connectivity index (χ4v) is 4.06. The van der Waals surface area contributed by atoms with Gasteiger partial charge >= 0.3 is 11.9 Å². The molecule has 37 heavy (non-hydrogen) atoms. The van der Waals surface area contributed by atoms with E-state index in [0.29, 0.717) is 33.0 Å². The first-order chi connectivity index (χ1) is 17.6. The molecule has 6 nitrogen and oxygen atoms in total. The minimum absolute atomic E-state index is 0.0973. The zero-order chi connectivity index (χ0) is 26.6. The average Bonchev–Trinajstić information content (AvgIpc) is 2.88. The SMILES string of the molecule is C[C@@H](NC(=O)c1ccc2nc(-c3ccccc3)c(CCCC(F)(F)C(=O)O)nc2c1)c1ccc(Cl)cc1. The van der Waals surface area contributed by atoms with E-state index >= 15 is 0 Å². The number of rotatable bonds is 9. The molecule has 0 spiro atoms. The number of hydrogen-bond acceptors (Lipinski definition) is 4.